The summed E-state index contributed by atoms with van der Waals surface area (Å²) in [4.78, 5) is 31.9. The molecule has 0 fully saturated rings. The van der Waals surface area contributed by atoms with Crippen molar-refractivity contribution in [2.75, 3.05) is 20.1 Å². The van der Waals surface area contributed by atoms with Gasteiger partial charge in [-0.3, -0.25) is 15.1 Å². The number of nitrogens with one attached hydrogen (secondary N) is 2. The molecule has 1 heterocycles. The van der Waals surface area contributed by atoms with E-state index in [9.17, 15) is 22.8 Å². The molecule has 0 radical (unpaired) electrons. The molecule has 12 heteroatoms. The molecule has 0 aromatic heterocycles. The number of nitrogens with zero attached hydrogens (tertiary/aromatic N) is 1. The average molecular weight is 624 g/mol. The van der Waals surface area contributed by atoms with Gasteiger partial charge in [0.2, 0.25) is 5.60 Å². The van der Waals surface area contributed by atoms with E-state index >= 15 is 0 Å². The Bertz CT molecular complexity index is 1520. The van der Waals surface area contributed by atoms with Crippen molar-refractivity contribution in [2.45, 2.75) is 44.6 Å². The van der Waals surface area contributed by atoms with Crippen molar-refractivity contribution in [3.63, 3.8) is 0 Å². The van der Waals surface area contributed by atoms with Gasteiger partial charge in [0.05, 0.1) is 5.70 Å². The molecule has 1 aliphatic heterocycles. The second-order valence-corrected chi connectivity index (χ2v) is 11.7. The van der Waals surface area contributed by atoms with Crippen molar-refractivity contribution in [3.05, 3.63) is 87.4 Å². The molecule has 0 spiro atoms. The number of hydrogen-bond acceptors (Lipinski definition) is 5. The quantitative estimate of drug-likeness (QED) is 0.267. The van der Waals surface area contributed by atoms with Gasteiger partial charge in [0.15, 0.2) is 0 Å². The minimum Gasteiger partial charge on any atom is -0.444 e. The molecule has 224 valence electrons. The van der Waals surface area contributed by atoms with Gasteiger partial charge in [0.1, 0.15) is 5.60 Å². The van der Waals surface area contributed by atoms with E-state index < -0.39 is 23.5 Å². The monoisotopic (exact) mass is 623 g/mol. The average Bonchev–Trinajstić information content (AvgIpc) is 3.36. The van der Waals surface area contributed by atoms with Crippen LogP contribution in [0.25, 0.3) is 16.5 Å². The Hall–Kier alpha value is -3.47. The van der Waals surface area contributed by atoms with Gasteiger partial charge in [0.25, 0.3) is 5.91 Å². The number of fused-ring (bicyclic) bond motifs is 1. The van der Waals surface area contributed by atoms with E-state index in [2.05, 4.69) is 10.8 Å². The number of hydrogen-bond donors (Lipinski definition) is 2. The predicted molar refractivity (Wildman–Crippen MR) is 156 cm³/mol. The summed E-state index contributed by atoms with van der Waals surface area (Å²) in [5.74, 6) is -0.361. The maximum absolute atomic E-state index is 14.5. The molecule has 0 saturated carbocycles. The first kappa shape index (κ1) is 31.5. The van der Waals surface area contributed by atoms with Crippen molar-refractivity contribution >= 4 is 51.7 Å². The minimum absolute atomic E-state index is 0.0314. The van der Waals surface area contributed by atoms with Crippen LogP contribution in [0.5, 0.6) is 0 Å². The van der Waals surface area contributed by atoms with E-state index in [-0.39, 0.29) is 27.2 Å². The topological polar surface area (TPSA) is 79.9 Å². The van der Waals surface area contributed by atoms with E-state index in [0.29, 0.717) is 41.4 Å². The molecule has 42 heavy (non-hydrogen) atoms. The van der Waals surface area contributed by atoms with Gasteiger partial charge in [0, 0.05) is 46.9 Å². The summed E-state index contributed by atoms with van der Waals surface area (Å²) >= 11 is 12.0. The third-order valence-corrected chi connectivity index (χ3v) is 6.94. The van der Waals surface area contributed by atoms with Crippen LogP contribution in [0.3, 0.4) is 0 Å². The van der Waals surface area contributed by atoms with E-state index in [1.807, 2.05) is 0 Å². The van der Waals surface area contributed by atoms with Gasteiger partial charge >= 0.3 is 12.3 Å². The molecule has 1 unspecified atom stereocenters. The number of ether oxygens (including phenoxy) is 1. The number of halogens is 5. The highest BCUT2D eigenvalue weighted by molar-refractivity contribution is 6.34. The summed E-state index contributed by atoms with van der Waals surface area (Å²) in [6, 6.07) is 13.6. The number of rotatable bonds is 7. The fourth-order valence-corrected chi connectivity index (χ4v) is 5.05. The fourth-order valence-electron chi connectivity index (χ4n) is 4.52. The van der Waals surface area contributed by atoms with Gasteiger partial charge in [-0.05, 0) is 68.3 Å². The van der Waals surface area contributed by atoms with Crippen LogP contribution in [-0.2, 0) is 15.2 Å². The minimum atomic E-state index is -4.86. The van der Waals surface area contributed by atoms with Crippen LogP contribution in [-0.4, -0.2) is 48.8 Å². The molecule has 4 rings (SSSR count). The summed E-state index contributed by atoms with van der Waals surface area (Å²) in [7, 11) is 1.62. The maximum Gasteiger partial charge on any atom is 0.428 e. The van der Waals surface area contributed by atoms with Crippen LogP contribution in [0, 0.1) is 0 Å². The highest BCUT2D eigenvalue weighted by Gasteiger charge is 2.59. The number of carbonyl (C=O) groups is 2. The van der Waals surface area contributed by atoms with Gasteiger partial charge in [-0.2, -0.15) is 13.2 Å². The number of amides is 2. The largest absolute Gasteiger partial charge is 0.444 e. The van der Waals surface area contributed by atoms with Crippen LogP contribution < -0.4 is 10.8 Å². The van der Waals surface area contributed by atoms with Gasteiger partial charge in [-0.15, -0.1) is 0 Å². The number of alkyl halides is 3. The van der Waals surface area contributed by atoms with Crippen LogP contribution in [0.15, 0.2) is 60.7 Å². The molecule has 7 nitrogen and oxygen atoms in total. The smallest absolute Gasteiger partial charge is 0.428 e. The molecule has 2 amide bonds. The lowest BCUT2D eigenvalue weighted by Gasteiger charge is -2.28. The second-order valence-electron chi connectivity index (χ2n) is 10.9. The summed E-state index contributed by atoms with van der Waals surface area (Å²) in [6.45, 7) is 6.00. The maximum atomic E-state index is 14.5. The first-order valence-corrected chi connectivity index (χ1v) is 13.8. The Kier molecular flexibility index (Phi) is 9.01. The fraction of sp³-hybridized carbons (Fsp3) is 0.333. The van der Waals surface area contributed by atoms with Gasteiger partial charge in [-0.25, -0.2) is 4.79 Å². The third-order valence-electron chi connectivity index (χ3n) is 6.50. The Morgan fingerprint density at radius 3 is 2.29 bits per heavy atom. The van der Waals surface area contributed by atoms with Gasteiger partial charge < -0.3 is 15.0 Å². The lowest BCUT2D eigenvalue weighted by atomic mass is 9.90. The normalized spacial score (nSPS) is 17.0. The summed E-state index contributed by atoms with van der Waals surface area (Å²) in [5.41, 5.74) is -0.491. The van der Waals surface area contributed by atoms with E-state index in [1.165, 1.54) is 11.0 Å². The predicted octanol–water partition coefficient (Wildman–Crippen LogP) is 7.47. The molecular weight excluding hydrogens is 594 g/mol. The molecule has 3 aromatic rings. The highest BCUT2D eigenvalue weighted by Crippen LogP contribution is 2.48. The molecule has 2 N–H and O–H groups in total. The molecule has 1 aliphatic rings. The highest BCUT2D eigenvalue weighted by atomic mass is 35.5. The number of carbonyl (C=O) groups excluding carboxylic acids is 2. The molecule has 0 bridgehead atoms. The Balaban J connectivity index is 1.57. The molecule has 0 saturated heterocycles. The van der Waals surface area contributed by atoms with Crippen molar-refractivity contribution in [2.24, 2.45) is 0 Å². The molecule has 1 atom stereocenters. The van der Waals surface area contributed by atoms with Crippen molar-refractivity contribution in [1.82, 2.24) is 15.7 Å². The standard InChI is InChI=1S/C30H30Cl2F3N3O4/c1-28(2,3)41-27(40)38(4)13-7-12-36-26(39)24-11-10-23(21-8-5-6-9-22(21)24)25-17-29(42-37-25,30(33,34)35)18-14-19(31)16-20(32)15-18/h5-6,8-11,14-17,37H,7,12-13H2,1-4H3,(H,36,39). The zero-order valence-electron chi connectivity index (χ0n) is 23.4. The summed E-state index contributed by atoms with van der Waals surface area (Å²) in [5, 5.41) is 3.98. The van der Waals surface area contributed by atoms with E-state index in [4.69, 9.17) is 32.8 Å². The molecule has 3 aromatic carbocycles. The third kappa shape index (κ3) is 6.77. The van der Waals surface area contributed by atoms with Crippen LogP contribution in [0.4, 0.5) is 18.0 Å². The zero-order valence-corrected chi connectivity index (χ0v) is 24.9. The number of hydroxylamine groups is 1. The second kappa shape index (κ2) is 12.0. The SMILES string of the molecule is CN(CCCNC(=O)c1ccc(C2=CC(c3cc(Cl)cc(Cl)c3)(C(F)(F)F)ON2)c2ccccc12)C(=O)OC(C)(C)C. The van der Waals surface area contributed by atoms with Crippen LogP contribution in [0.2, 0.25) is 10.0 Å². The van der Waals surface area contributed by atoms with Crippen LogP contribution in [0.1, 0.15) is 48.7 Å². The number of benzene rings is 3. The Labute approximate surface area is 251 Å². The molecule has 0 aliphatic carbocycles. The molecular formula is C30H30Cl2F3N3O4. The summed E-state index contributed by atoms with van der Waals surface area (Å²) in [6.07, 6.45) is -3.89. The lowest BCUT2D eigenvalue weighted by Crippen LogP contribution is -2.42. The first-order chi connectivity index (χ1) is 19.6. The van der Waals surface area contributed by atoms with Crippen molar-refractivity contribution in [3.8, 4) is 0 Å². The summed E-state index contributed by atoms with van der Waals surface area (Å²) < 4.78 is 48.7. The van der Waals surface area contributed by atoms with Crippen molar-refractivity contribution in [1.29, 1.82) is 0 Å². The zero-order chi connectivity index (χ0) is 30.9. The Morgan fingerprint density at radius 1 is 1.02 bits per heavy atom. The first-order valence-electron chi connectivity index (χ1n) is 13.1. The Morgan fingerprint density at radius 2 is 1.67 bits per heavy atom. The van der Waals surface area contributed by atoms with Gasteiger partial charge in [-0.1, -0.05) is 53.5 Å². The van der Waals surface area contributed by atoms with E-state index in [0.717, 1.165) is 18.2 Å². The van der Waals surface area contributed by atoms with Crippen molar-refractivity contribution < 1.29 is 32.3 Å². The van der Waals surface area contributed by atoms with E-state index in [1.54, 1.807) is 64.2 Å². The van der Waals surface area contributed by atoms with Crippen LogP contribution >= 0.6 is 23.2 Å². The lowest BCUT2D eigenvalue weighted by molar-refractivity contribution is -0.269.